The van der Waals surface area contributed by atoms with E-state index >= 15 is 0 Å². The van der Waals surface area contributed by atoms with E-state index in [0.29, 0.717) is 6.42 Å². The van der Waals surface area contributed by atoms with E-state index in [1.807, 2.05) is 30.3 Å². The molecule has 0 saturated heterocycles. The van der Waals surface area contributed by atoms with Gasteiger partial charge in [-0.1, -0.05) is 42.5 Å². The zero-order valence-electron chi connectivity index (χ0n) is 19.6. The number of nitro groups is 1. The minimum absolute atomic E-state index is 0.0627. The fourth-order valence-electron chi connectivity index (χ4n) is 3.55. The molecule has 0 atom stereocenters. The Bertz CT molecular complexity index is 1300. The molecule has 12 nitrogen and oxygen atoms in total. The molecule has 1 aromatic heterocycles. The number of nitro benzene ring substituents is 1. The highest BCUT2D eigenvalue weighted by molar-refractivity contribution is 5.73. The van der Waals surface area contributed by atoms with Gasteiger partial charge in [0.25, 0.3) is 11.2 Å². The molecule has 0 saturated carbocycles. The standard InChI is InChI=1S/C24H26N4O8/c1-35-16-27-22(29)13-21(26(24(27)32)17-36-15-19-5-3-2-4-6-19)25(14-23(30)31)12-11-18-7-9-20(10-8-18)28(33)34/h2-10,13H,11-12,14-17H2,1H3,(H,30,31). The third kappa shape index (κ3) is 6.87. The van der Waals surface area contributed by atoms with Crippen LogP contribution in [-0.4, -0.2) is 45.3 Å². The molecule has 3 aromatic rings. The summed E-state index contributed by atoms with van der Waals surface area (Å²) < 4.78 is 12.8. The van der Waals surface area contributed by atoms with Crippen molar-refractivity contribution in [1.82, 2.24) is 9.13 Å². The van der Waals surface area contributed by atoms with Crippen molar-refractivity contribution in [2.75, 3.05) is 25.1 Å². The van der Waals surface area contributed by atoms with E-state index in [-0.39, 0.29) is 38.1 Å². The molecular weight excluding hydrogens is 472 g/mol. The molecule has 1 N–H and O–H groups in total. The number of carboxylic acids is 1. The van der Waals surface area contributed by atoms with Gasteiger partial charge in [0, 0.05) is 31.9 Å². The summed E-state index contributed by atoms with van der Waals surface area (Å²) in [5.74, 6) is -1.08. The predicted octanol–water partition coefficient (Wildman–Crippen LogP) is 1.83. The minimum Gasteiger partial charge on any atom is -0.480 e. The molecule has 0 amide bonds. The van der Waals surface area contributed by atoms with Crippen molar-refractivity contribution in [2.24, 2.45) is 0 Å². The number of non-ortho nitro benzene ring substituents is 1. The smallest absolute Gasteiger partial charge is 0.336 e. The third-order valence-corrected chi connectivity index (χ3v) is 5.31. The summed E-state index contributed by atoms with van der Waals surface area (Å²) >= 11 is 0. The number of anilines is 1. The molecule has 0 aliphatic carbocycles. The molecule has 12 heteroatoms. The average Bonchev–Trinajstić information content (AvgIpc) is 2.86. The van der Waals surface area contributed by atoms with Gasteiger partial charge >= 0.3 is 11.7 Å². The van der Waals surface area contributed by atoms with Gasteiger partial charge in [-0.05, 0) is 17.5 Å². The van der Waals surface area contributed by atoms with Gasteiger partial charge in [0.1, 0.15) is 25.8 Å². The summed E-state index contributed by atoms with van der Waals surface area (Å²) in [6.07, 6.45) is 0.311. The van der Waals surface area contributed by atoms with E-state index in [1.165, 1.54) is 34.8 Å². The van der Waals surface area contributed by atoms with Crippen LogP contribution in [0.5, 0.6) is 0 Å². The third-order valence-electron chi connectivity index (χ3n) is 5.31. The van der Waals surface area contributed by atoms with E-state index < -0.39 is 28.7 Å². The Kier molecular flexibility index (Phi) is 9.08. The van der Waals surface area contributed by atoms with E-state index in [1.54, 1.807) is 12.1 Å². The number of hydrogen-bond acceptors (Lipinski definition) is 8. The molecule has 0 unspecified atom stereocenters. The zero-order valence-corrected chi connectivity index (χ0v) is 19.6. The first-order chi connectivity index (χ1) is 17.3. The van der Waals surface area contributed by atoms with Gasteiger partial charge in [-0.2, -0.15) is 0 Å². The van der Waals surface area contributed by atoms with Crippen LogP contribution in [-0.2, 0) is 40.8 Å². The van der Waals surface area contributed by atoms with Crippen LogP contribution in [0.2, 0.25) is 0 Å². The number of aliphatic carboxylic acids is 1. The molecule has 0 bridgehead atoms. The first-order valence-electron chi connectivity index (χ1n) is 11.0. The molecule has 0 aliphatic rings. The van der Waals surface area contributed by atoms with Gasteiger partial charge in [-0.15, -0.1) is 0 Å². The number of hydrogen-bond donors (Lipinski definition) is 1. The highest BCUT2D eigenvalue weighted by atomic mass is 16.6. The van der Waals surface area contributed by atoms with Crippen LogP contribution in [0.15, 0.2) is 70.3 Å². The van der Waals surface area contributed by atoms with Crippen molar-refractivity contribution in [1.29, 1.82) is 0 Å². The Labute approximate surface area is 205 Å². The summed E-state index contributed by atoms with van der Waals surface area (Å²) in [4.78, 5) is 49.2. The van der Waals surface area contributed by atoms with Crippen LogP contribution in [0.4, 0.5) is 11.5 Å². The van der Waals surface area contributed by atoms with Crippen molar-refractivity contribution >= 4 is 17.5 Å². The topological polar surface area (TPSA) is 146 Å². The van der Waals surface area contributed by atoms with Crippen molar-refractivity contribution < 1.29 is 24.3 Å². The number of carboxylic acid groups (broad SMARTS) is 1. The molecule has 0 fully saturated rings. The van der Waals surface area contributed by atoms with Crippen molar-refractivity contribution in [3.05, 3.63) is 103 Å². The Balaban J connectivity index is 1.91. The normalized spacial score (nSPS) is 10.8. The molecule has 1 heterocycles. The van der Waals surface area contributed by atoms with E-state index in [0.717, 1.165) is 15.7 Å². The largest absolute Gasteiger partial charge is 0.480 e. The lowest BCUT2D eigenvalue weighted by atomic mass is 10.1. The highest BCUT2D eigenvalue weighted by Crippen LogP contribution is 2.16. The second kappa shape index (κ2) is 12.4. The lowest BCUT2D eigenvalue weighted by molar-refractivity contribution is -0.384. The summed E-state index contributed by atoms with van der Waals surface area (Å²) in [5, 5.41) is 20.4. The van der Waals surface area contributed by atoms with E-state index in [9.17, 15) is 29.6 Å². The summed E-state index contributed by atoms with van der Waals surface area (Å²) in [6, 6.07) is 16.3. The molecule has 36 heavy (non-hydrogen) atoms. The number of nitrogens with zero attached hydrogens (tertiary/aromatic N) is 4. The van der Waals surface area contributed by atoms with Gasteiger partial charge in [0.05, 0.1) is 11.5 Å². The number of aromatic nitrogens is 2. The molecule has 0 spiro atoms. The molecule has 2 aromatic carbocycles. The molecule has 3 rings (SSSR count). The highest BCUT2D eigenvalue weighted by Gasteiger charge is 2.19. The van der Waals surface area contributed by atoms with Crippen LogP contribution >= 0.6 is 0 Å². The van der Waals surface area contributed by atoms with Crippen molar-refractivity contribution in [2.45, 2.75) is 26.5 Å². The number of methoxy groups -OCH3 is 1. The summed E-state index contributed by atoms with van der Waals surface area (Å²) in [7, 11) is 1.34. The maximum Gasteiger partial charge on any atom is 0.336 e. The second-order valence-corrected chi connectivity index (χ2v) is 7.85. The van der Waals surface area contributed by atoms with Gasteiger partial charge in [-0.3, -0.25) is 24.3 Å². The maximum absolute atomic E-state index is 13.1. The summed E-state index contributed by atoms with van der Waals surface area (Å²) in [5.41, 5.74) is 0.170. The quantitative estimate of drug-likeness (QED) is 0.275. The van der Waals surface area contributed by atoms with E-state index in [4.69, 9.17) is 9.47 Å². The fraction of sp³-hybridized carbons (Fsp3) is 0.292. The van der Waals surface area contributed by atoms with Gasteiger partial charge in [0.15, 0.2) is 0 Å². The molecule has 190 valence electrons. The Morgan fingerprint density at radius 1 is 1.03 bits per heavy atom. The van der Waals surface area contributed by atoms with Gasteiger partial charge < -0.3 is 19.5 Å². The van der Waals surface area contributed by atoms with Crippen molar-refractivity contribution in [3.8, 4) is 0 Å². The zero-order chi connectivity index (χ0) is 26.1. The monoisotopic (exact) mass is 498 g/mol. The Morgan fingerprint density at radius 3 is 2.33 bits per heavy atom. The van der Waals surface area contributed by atoms with Gasteiger partial charge in [0.2, 0.25) is 0 Å². The Hall–Kier alpha value is -4.29. The van der Waals surface area contributed by atoms with Crippen LogP contribution in [0.3, 0.4) is 0 Å². The van der Waals surface area contributed by atoms with Crippen LogP contribution < -0.4 is 16.1 Å². The summed E-state index contributed by atoms with van der Waals surface area (Å²) in [6.45, 7) is -0.689. The maximum atomic E-state index is 13.1. The second-order valence-electron chi connectivity index (χ2n) is 7.85. The SMILES string of the molecule is COCn1c(=O)cc(N(CCc2ccc([N+](=O)[O-])cc2)CC(=O)O)n(COCc2ccccc2)c1=O. The first-order valence-corrected chi connectivity index (χ1v) is 11.0. The van der Waals surface area contributed by atoms with Gasteiger partial charge in [-0.25, -0.2) is 9.36 Å². The van der Waals surface area contributed by atoms with Crippen molar-refractivity contribution in [3.63, 3.8) is 0 Å². The lowest BCUT2D eigenvalue weighted by Crippen LogP contribution is -2.44. The predicted molar refractivity (Wildman–Crippen MR) is 130 cm³/mol. The molecule has 0 aliphatic heterocycles. The number of rotatable bonds is 13. The molecule has 0 radical (unpaired) electrons. The number of ether oxygens (including phenoxy) is 2. The fourth-order valence-corrected chi connectivity index (χ4v) is 3.55. The number of carbonyl (C=O) groups is 1. The molecular formula is C24H26N4O8. The first kappa shape index (κ1) is 26.3. The van der Waals surface area contributed by atoms with Crippen LogP contribution in [0, 0.1) is 10.1 Å². The van der Waals surface area contributed by atoms with E-state index in [2.05, 4.69) is 0 Å². The minimum atomic E-state index is -1.16. The van der Waals surface area contributed by atoms with Crippen LogP contribution in [0.25, 0.3) is 0 Å². The van der Waals surface area contributed by atoms with Crippen LogP contribution in [0.1, 0.15) is 11.1 Å². The number of benzene rings is 2. The Morgan fingerprint density at radius 2 is 1.72 bits per heavy atom. The lowest BCUT2D eigenvalue weighted by Gasteiger charge is -2.26. The average molecular weight is 498 g/mol.